The van der Waals surface area contributed by atoms with Gasteiger partial charge in [0.1, 0.15) is 10.4 Å². The van der Waals surface area contributed by atoms with Crippen molar-refractivity contribution in [3.63, 3.8) is 0 Å². The van der Waals surface area contributed by atoms with Crippen LogP contribution in [0.5, 0.6) is 0 Å². The standard InChI is InChI=1S/C9H9BrN2S/c1-12-8(10)6-11-9(12)5-7-3-2-4-13-7/h2-4,6H,5H2,1H3. The van der Waals surface area contributed by atoms with Crippen molar-refractivity contribution in [2.75, 3.05) is 0 Å². The fraction of sp³-hybridized carbons (Fsp3) is 0.222. The van der Waals surface area contributed by atoms with Crippen molar-refractivity contribution in [1.29, 1.82) is 0 Å². The molecule has 0 aliphatic carbocycles. The number of hydrogen-bond acceptors (Lipinski definition) is 2. The summed E-state index contributed by atoms with van der Waals surface area (Å²) in [5.41, 5.74) is 0. The first kappa shape index (κ1) is 8.97. The molecule has 0 bridgehead atoms. The molecule has 2 nitrogen and oxygen atoms in total. The molecule has 0 atom stereocenters. The quantitative estimate of drug-likeness (QED) is 0.808. The number of nitrogens with zero attached hydrogens (tertiary/aromatic N) is 2. The third-order valence-corrected chi connectivity index (χ3v) is 3.55. The average molecular weight is 257 g/mol. The molecule has 2 aromatic heterocycles. The van der Waals surface area contributed by atoms with Gasteiger partial charge < -0.3 is 4.57 Å². The first-order valence-corrected chi connectivity index (χ1v) is 5.63. The van der Waals surface area contributed by atoms with Gasteiger partial charge in [-0.25, -0.2) is 4.98 Å². The Morgan fingerprint density at radius 1 is 1.62 bits per heavy atom. The lowest BCUT2D eigenvalue weighted by atomic mass is 10.3. The van der Waals surface area contributed by atoms with Crippen molar-refractivity contribution >= 4 is 27.3 Å². The smallest absolute Gasteiger partial charge is 0.114 e. The van der Waals surface area contributed by atoms with E-state index in [-0.39, 0.29) is 0 Å². The van der Waals surface area contributed by atoms with E-state index in [1.165, 1.54) is 4.88 Å². The summed E-state index contributed by atoms with van der Waals surface area (Å²) in [6.07, 6.45) is 2.75. The molecule has 2 aromatic rings. The number of halogens is 1. The number of imidazole rings is 1. The minimum absolute atomic E-state index is 0.916. The molecule has 0 unspecified atom stereocenters. The minimum Gasteiger partial charge on any atom is -0.326 e. The Hall–Kier alpha value is -0.610. The summed E-state index contributed by atoms with van der Waals surface area (Å²) >= 11 is 5.19. The fourth-order valence-electron chi connectivity index (χ4n) is 1.16. The van der Waals surface area contributed by atoms with Crippen LogP contribution in [-0.2, 0) is 13.5 Å². The summed E-state index contributed by atoms with van der Waals surface area (Å²) in [7, 11) is 2.01. The molecule has 13 heavy (non-hydrogen) atoms. The minimum atomic E-state index is 0.916. The summed E-state index contributed by atoms with van der Waals surface area (Å²) in [5, 5.41) is 2.09. The van der Waals surface area contributed by atoms with E-state index in [9.17, 15) is 0 Å². The van der Waals surface area contributed by atoms with Gasteiger partial charge in [-0.3, -0.25) is 0 Å². The van der Waals surface area contributed by atoms with E-state index < -0.39 is 0 Å². The fourth-order valence-corrected chi connectivity index (χ4v) is 2.17. The van der Waals surface area contributed by atoms with Crippen LogP contribution in [-0.4, -0.2) is 9.55 Å². The van der Waals surface area contributed by atoms with Gasteiger partial charge >= 0.3 is 0 Å². The zero-order valence-electron chi connectivity index (χ0n) is 7.20. The predicted molar refractivity (Wildman–Crippen MR) is 58.0 cm³/mol. The van der Waals surface area contributed by atoms with Gasteiger partial charge in [-0.15, -0.1) is 11.3 Å². The maximum Gasteiger partial charge on any atom is 0.114 e. The molecule has 0 aromatic carbocycles. The predicted octanol–water partition coefficient (Wildman–Crippen LogP) is 2.83. The topological polar surface area (TPSA) is 17.8 Å². The Kier molecular flexibility index (Phi) is 2.51. The number of hydrogen-bond donors (Lipinski definition) is 0. The van der Waals surface area contributed by atoms with Crippen LogP contribution in [0, 0.1) is 0 Å². The van der Waals surface area contributed by atoms with Crippen LogP contribution in [0.4, 0.5) is 0 Å². The van der Waals surface area contributed by atoms with Gasteiger partial charge in [0.2, 0.25) is 0 Å². The molecule has 0 saturated carbocycles. The molecule has 0 radical (unpaired) electrons. The Bertz CT molecular complexity index is 392. The zero-order chi connectivity index (χ0) is 9.26. The summed E-state index contributed by atoms with van der Waals surface area (Å²) in [5.74, 6) is 1.09. The van der Waals surface area contributed by atoms with Gasteiger partial charge in [-0.05, 0) is 27.4 Å². The highest BCUT2D eigenvalue weighted by Crippen LogP contribution is 2.16. The van der Waals surface area contributed by atoms with E-state index in [4.69, 9.17) is 0 Å². The van der Waals surface area contributed by atoms with Crippen LogP contribution in [0.15, 0.2) is 28.3 Å². The lowest BCUT2D eigenvalue weighted by molar-refractivity contribution is 0.811. The second-order valence-corrected chi connectivity index (χ2v) is 4.66. The van der Waals surface area contributed by atoms with Crippen molar-refractivity contribution < 1.29 is 0 Å². The second-order valence-electron chi connectivity index (χ2n) is 2.81. The Balaban J connectivity index is 2.24. The molecule has 0 N–H and O–H groups in total. The van der Waals surface area contributed by atoms with E-state index >= 15 is 0 Å². The van der Waals surface area contributed by atoms with Crippen LogP contribution in [0.1, 0.15) is 10.7 Å². The molecule has 0 fully saturated rings. The maximum absolute atomic E-state index is 4.31. The molecular weight excluding hydrogens is 248 g/mol. The molecule has 4 heteroatoms. The highest BCUT2D eigenvalue weighted by Gasteiger charge is 2.04. The van der Waals surface area contributed by atoms with Gasteiger partial charge in [-0.1, -0.05) is 6.07 Å². The lowest BCUT2D eigenvalue weighted by Crippen LogP contribution is -1.97. The third kappa shape index (κ3) is 1.84. The van der Waals surface area contributed by atoms with Crippen LogP contribution >= 0.6 is 27.3 Å². The first-order valence-electron chi connectivity index (χ1n) is 3.96. The average Bonchev–Trinajstić information content (AvgIpc) is 2.71. The second kappa shape index (κ2) is 3.64. The summed E-state index contributed by atoms with van der Waals surface area (Å²) < 4.78 is 3.08. The lowest BCUT2D eigenvalue weighted by Gasteiger charge is -1.99. The molecule has 0 amide bonds. The maximum atomic E-state index is 4.31. The molecule has 2 rings (SSSR count). The van der Waals surface area contributed by atoms with Gasteiger partial charge in [0.15, 0.2) is 0 Å². The normalized spacial score (nSPS) is 10.6. The monoisotopic (exact) mass is 256 g/mol. The molecular formula is C9H9BrN2S. The van der Waals surface area contributed by atoms with Crippen LogP contribution in [0.25, 0.3) is 0 Å². The molecule has 0 aliphatic rings. The van der Waals surface area contributed by atoms with Crippen molar-refractivity contribution in [1.82, 2.24) is 9.55 Å². The molecule has 0 aliphatic heterocycles. The molecule has 2 heterocycles. The van der Waals surface area contributed by atoms with Crippen molar-refractivity contribution in [2.45, 2.75) is 6.42 Å². The Morgan fingerprint density at radius 3 is 3.00 bits per heavy atom. The van der Waals surface area contributed by atoms with E-state index in [0.717, 1.165) is 16.8 Å². The zero-order valence-corrected chi connectivity index (χ0v) is 9.60. The number of thiophene rings is 1. The Morgan fingerprint density at radius 2 is 2.46 bits per heavy atom. The number of aromatic nitrogens is 2. The highest BCUT2D eigenvalue weighted by atomic mass is 79.9. The molecule has 68 valence electrons. The van der Waals surface area contributed by atoms with Crippen LogP contribution in [0.3, 0.4) is 0 Å². The molecule has 0 spiro atoms. The first-order chi connectivity index (χ1) is 6.27. The van der Waals surface area contributed by atoms with E-state index in [1.54, 1.807) is 11.3 Å². The van der Waals surface area contributed by atoms with Crippen molar-refractivity contribution in [3.8, 4) is 0 Å². The molecule has 0 saturated heterocycles. The summed E-state index contributed by atoms with van der Waals surface area (Å²) in [6.45, 7) is 0. The van der Waals surface area contributed by atoms with E-state index in [2.05, 4.69) is 43.0 Å². The van der Waals surface area contributed by atoms with Gasteiger partial charge in [0.05, 0.1) is 6.20 Å². The van der Waals surface area contributed by atoms with Crippen molar-refractivity contribution in [2.24, 2.45) is 7.05 Å². The van der Waals surface area contributed by atoms with Crippen molar-refractivity contribution in [3.05, 3.63) is 39.0 Å². The number of rotatable bonds is 2. The SMILES string of the molecule is Cn1c(Br)cnc1Cc1cccs1. The summed E-state index contributed by atoms with van der Waals surface area (Å²) in [6, 6.07) is 4.20. The van der Waals surface area contributed by atoms with Crippen LogP contribution in [0.2, 0.25) is 0 Å². The summed E-state index contributed by atoms with van der Waals surface area (Å²) in [4.78, 5) is 5.66. The van der Waals surface area contributed by atoms with Gasteiger partial charge in [0, 0.05) is 18.3 Å². The largest absolute Gasteiger partial charge is 0.326 e. The Labute approximate surface area is 89.4 Å². The van der Waals surface area contributed by atoms with Gasteiger partial charge in [0.25, 0.3) is 0 Å². The van der Waals surface area contributed by atoms with E-state index in [0.29, 0.717) is 0 Å². The van der Waals surface area contributed by atoms with Gasteiger partial charge in [-0.2, -0.15) is 0 Å². The third-order valence-electron chi connectivity index (χ3n) is 1.94. The van der Waals surface area contributed by atoms with Crippen LogP contribution < -0.4 is 0 Å². The van der Waals surface area contributed by atoms with E-state index in [1.807, 2.05) is 13.2 Å². The highest BCUT2D eigenvalue weighted by molar-refractivity contribution is 9.10.